The fraction of sp³-hybridized carbons (Fsp3) is 0.100. The third kappa shape index (κ3) is 2.93. The molecule has 0 saturated carbocycles. The van der Waals surface area contributed by atoms with Crippen molar-refractivity contribution in [2.45, 2.75) is 11.8 Å². The number of rotatable bonds is 5. The van der Waals surface area contributed by atoms with Gasteiger partial charge in [0, 0.05) is 6.42 Å². The van der Waals surface area contributed by atoms with Gasteiger partial charge >= 0.3 is 0 Å². The van der Waals surface area contributed by atoms with Gasteiger partial charge in [-0.25, -0.2) is 29.9 Å². The predicted octanol–water partition coefficient (Wildman–Crippen LogP) is 2.63. The lowest BCUT2D eigenvalue weighted by Crippen LogP contribution is -2.35. The van der Waals surface area contributed by atoms with Crippen LogP contribution < -0.4 is 0 Å². The van der Waals surface area contributed by atoms with E-state index in [0.717, 1.165) is 11.1 Å². The molecule has 0 aliphatic rings. The Bertz CT molecular complexity index is 850. The highest BCUT2D eigenvalue weighted by Gasteiger charge is 2.40. The summed E-state index contributed by atoms with van der Waals surface area (Å²) in [5, 5.41) is 0. The van der Waals surface area contributed by atoms with E-state index in [9.17, 15) is 0 Å². The molecule has 0 spiro atoms. The SMILES string of the molecule is c1ccc(C(Cc2ncncn2)(c2ccccc2)c2ncncn2)cc1. The van der Waals surface area contributed by atoms with Gasteiger partial charge in [-0.3, -0.25) is 0 Å². The molecule has 0 aliphatic carbocycles. The van der Waals surface area contributed by atoms with Crippen LogP contribution in [0.15, 0.2) is 86.0 Å². The van der Waals surface area contributed by atoms with Crippen molar-refractivity contribution in [1.29, 1.82) is 0 Å². The zero-order valence-electron chi connectivity index (χ0n) is 14.0. The summed E-state index contributed by atoms with van der Waals surface area (Å²) in [5.41, 5.74) is 1.50. The number of aromatic nitrogens is 6. The number of hydrogen-bond donors (Lipinski definition) is 0. The van der Waals surface area contributed by atoms with E-state index in [2.05, 4.69) is 54.2 Å². The molecule has 0 atom stereocenters. The maximum absolute atomic E-state index is 4.51. The lowest BCUT2D eigenvalue weighted by Gasteiger charge is -2.33. The summed E-state index contributed by atoms with van der Waals surface area (Å²) in [4.78, 5) is 25.6. The van der Waals surface area contributed by atoms with Crippen molar-refractivity contribution < 1.29 is 0 Å². The standard InChI is InChI=1S/C20H16N6/c1-3-7-16(8-4-1)20(17-9-5-2-6-10-17,19-25-14-22-15-26-19)11-18-23-12-21-13-24-18/h1-10,12-15H,11H2. The number of nitrogens with zero attached hydrogens (tertiary/aromatic N) is 6. The Labute approximate surface area is 151 Å². The summed E-state index contributed by atoms with van der Waals surface area (Å²) in [5.74, 6) is 1.33. The second kappa shape index (κ2) is 7.14. The van der Waals surface area contributed by atoms with E-state index in [1.807, 2.05) is 36.4 Å². The Morgan fingerprint density at radius 1 is 0.577 bits per heavy atom. The molecule has 0 bridgehead atoms. The van der Waals surface area contributed by atoms with E-state index in [-0.39, 0.29) is 0 Å². The van der Waals surface area contributed by atoms with Crippen LogP contribution in [0.4, 0.5) is 0 Å². The molecule has 0 amide bonds. The molecular formula is C20H16N6. The molecule has 0 aliphatic heterocycles. The van der Waals surface area contributed by atoms with E-state index in [0.29, 0.717) is 18.1 Å². The van der Waals surface area contributed by atoms with E-state index in [1.54, 1.807) is 0 Å². The van der Waals surface area contributed by atoms with Crippen LogP contribution in [0.3, 0.4) is 0 Å². The number of benzene rings is 2. The van der Waals surface area contributed by atoms with Gasteiger partial charge < -0.3 is 0 Å². The zero-order valence-corrected chi connectivity index (χ0v) is 14.0. The molecule has 0 N–H and O–H groups in total. The van der Waals surface area contributed by atoms with E-state index < -0.39 is 5.41 Å². The molecule has 26 heavy (non-hydrogen) atoms. The molecule has 6 heteroatoms. The van der Waals surface area contributed by atoms with E-state index in [1.165, 1.54) is 25.3 Å². The van der Waals surface area contributed by atoms with E-state index >= 15 is 0 Å². The van der Waals surface area contributed by atoms with Gasteiger partial charge in [-0.15, -0.1) is 0 Å². The van der Waals surface area contributed by atoms with Crippen molar-refractivity contribution in [3.63, 3.8) is 0 Å². The molecule has 0 saturated heterocycles. The van der Waals surface area contributed by atoms with Gasteiger partial charge in [-0.1, -0.05) is 60.7 Å². The fourth-order valence-electron chi connectivity index (χ4n) is 3.20. The highest BCUT2D eigenvalue weighted by molar-refractivity contribution is 5.46. The Kier molecular flexibility index (Phi) is 4.38. The Hall–Kier alpha value is -3.54. The van der Waals surface area contributed by atoms with Gasteiger partial charge in [-0.2, -0.15) is 0 Å². The first kappa shape index (κ1) is 16.0. The largest absolute Gasteiger partial charge is 0.225 e. The molecule has 0 radical (unpaired) electrons. The van der Waals surface area contributed by atoms with Crippen molar-refractivity contribution in [3.8, 4) is 0 Å². The van der Waals surface area contributed by atoms with Crippen molar-refractivity contribution in [1.82, 2.24) is 29.9 Å². The lowest BCUT2D eigenvalue weighted by atomic mass is 9.71. The third-order valence-corrected chi connectivity index (χ3v) is 4.38. The minimum atomic E-state index is -0.632. The molecule has 6 nitrogen and oxygen atoms in total. The monoisotopic (exact) mass is 340 g/mol. The van der Waals surface area contributed by atoms with Crippen LogP contribution in [0, 0.1) is 0 Å². The lowest BCUT2D eigenvalue weighted by molar-refractivity contribution is 0.546. The van der Waals surface area contributed by atoms with Gasteiger partial charge in [0.1, 0.15) is 37.0 Å². The van der Waals surface area contributed by atoms with Crippen LogP contribution in [0.5, 0.6) is 0 Å². The summed E-state index contributed by atoms with van der Waals surface area (Å²) in [6, 6.07) is 20.4. The molecular weight excluding hydrogens is 324 g/mol. The third-order valence-electron chi connectivity index (χ3n) is 4.38. The molecule has 2 aromatic heterocycles. The fourth-order valence-corrected chi connectivity index (χ4v) is 3.20. The number of hydrogen-bond acceptors (Lipinski definition) is 6. The first-order chi connectivity index (χ1) is 12.9. The zero-order chi connectivity index (χ0) is 17.7. The molecule has 4 aromatic rings. The van der Waals surface area contributed by atoms with Crippen molar-refractivity contribution in [3.05, 3.63) is 109 Å². The summed E-state index contributed by atoms with van der Waals surface area (Å²) in [7, 11) is 0. The summed E-state index contributed by atoms with van der Waals surface area (Å²) >= 11 is 0. The first-order valence-electron chi connectivity index (χ1n) is 8.24. The maximum atomic E-state index is 4.51. The van der Waals surface area contributed by atoms with Gasteiger partial charge in [0.25, 0.3) is 0 Å². The first-order valence-corrected chi connectivity index (χ1v) is 8.24. The maximum Gasteiger partial charge on any atom is 0.147 e. The quantitative estimate of drug-likeness (QED) is 0.556. The predicted molar refractivity (Wildman–Crippen MR) is 96.1 cm³/mol. The van der Waals surface area contributed by atoms with Crippen molar-refractivity contribution in [2.75, 3.05) is 0 Å². The highest BCUT2D eigenvalue weighted by Crippen LogP contribution is 2.39. The Balaban J connectivity index is 2.00. The molecule has 4 rings (SSSR count). The van der Waals surface area contributed by atoms with Crippen LogP contribution in [0.2, 0.25) is 0 Å². The Morgan fingerprint density at radius 3 is 1.54 bits per heavy atom. The minimum absolute atomic E-state index is 0.508. The Morgan fingerprint density at radius 2 is 1.04 bits per heavy atom. The van der Waals surface area contributed by atoms with Crippen LogP contribution >= 0.6 is 0 Å². The normalized spacial score (nSPS) is 11.2. The second-order valence-electron chi connectivity index (χ2n) is 5.83. The minimum Gasteiger partial charge on any atom is -0.225 e. The van der Waals surface area contributed by atoms with E-state index in [4.69, 9.17) is 0 Å². The van der Waals surface area contributed by atoms with Crippen molar-refractivity contribution in [2.24, 2.45) is 0 Å². The highest BCUT2D eigenvalue weighted by atomic mass is 15.0. The molecule has 2 aromatic carbocycles. The topological polar surface area (TPSA) is 77.3 Å². The van der Waals surface area contributed by atoms with Crippen LogP contribution in [-0.2, 0) is 11.8 Å². The average molecular weight is 340 g/mol. The summed E-state index contributed by atoms with van der Waals surface area (Å²) < 4.78 is 0. The molecule has 0 fully saturated rings. The van der Waals surface area contributed by atoms with Gasteiger partial charge in [0.05, 0.1) is 5.41 Å². The van der Waals surface area contributed by atoms with Gasteiger partial charge in [0.15, 0.2) is 0 Å². The van der Waals surface area contributed by atoms with Gasteiger partial charge in [0.2, 0.25) is 0 Å². The van der Waals surface area contributed by atoms with Crippen LogP contribution in [0.1, 0.15) is 22.8 Å². The van der Waals surface area contributed by atoms with Crippen molar-refractivity contribution >= 4 is 0 Å². The van der Waals surface area contributed by atoms with Gasteiger partial charge in [-0.05, 0) is 11.1 Å². The van der Waals surface area contributed by atoms with Crippen LogP contribution in [0.25, 0.3) is 0 Å². The smallest absolute Gasteiger partial charge is 0.147 e. The summed E-state index contributed by atoms with van der Waals surface area (Å²) in [6.07, 6.45) is 6.58. The second-order valence-corrected chi connectivity index (χ2v) is 5.83. The van der Waals surface area contributed by atoms with Crippen LogP contribution in [-0.4, -0.2) is 29.9 Å². The average Bonchev–Trinajstić information content (AvgIpc) is 2.75. The molecule has 2 heterocycles. The summed E-state index contributed by atoms with van der Waals surface area (Å²) in [6.45, 7) is 0. The molecule has 0 unspecified atom stereocenters. The molecule has 126 valence electrons.